The number of carbonyl (C=O) groups is 4. The van der Waals surface area contributed by atoms with Crippen molar-refractivity contribution >= 4 is 36.3 Å². The van der Waals surface area contributed by atoms with E-state index in [4.69, 9.17) is 10.8 Å². The van der Waals surface area contributed by atoms with Crippen molar-refractivity contribution in [1.29, 1.82) is 0 Å². The van der Waals surface area contributed by atoms with Gasteiger partial charge in [0, 0.05) is 12.3 Å². The minimum Gasteiger partial charge on any atom is -0.480 e. The topological polar surface area (TPSA) is 162 Å². The molecule has 3 amide bonds. The van der Waals surface area contributed by atoms with Crippen molar-refractivity contribution in [1.82, 2.24) is 15.5 Å². The van der Waals surface area contributed by atoms with E-state index >= 15 is 0 Å². The average Bonchev–Trinajstić information content (AvgIpc) is 3.11. The van der Waals surface area contributed by atoms with Crippen LogP contribution in [-0.2, 0) is 19.2 Å². The van der Waals surface area contributed by atoms with Crippen LogP contribution >= 0.6 is 12.6 Å². The first-order chi connectivity index (χ1) is 13.5. The number of likely N-dealkylation sites (tertiary alicyclic amines) is 1. The van der Waals surface area contributed by atoms with Crippen LogP contribution in [0.4, 0.5) is 0 Å². The zero-order valence-corrected chi connectivity index (χ0v) is 17.9. The highest BCUT2D eigenvalue weighted by Crippen LogP contribution is 2.19. The Morgan fingerprint density at radius 3 is 2.31 bits per heavy atom. The van der Waals surface area contributed by atoms with Gasteiger partial charge in [0.2, 0.25) is 17.7 Å². The van der Waals surface area contributed by atoms with Gasteiger partial charge in [0.25, 0.3) is 0 Å². The third-order valence-corrected chi connectivity index (χ3v) is 5.11. The molecule has 6 N–H and O–H groups in total. The van der Waals surface area contributed by atoms with Crippen molar-refractivity contribution < 1.29 is 29.4 Å². The monoisotopic (exact) mass is 432 g/mol. The predicted molar refractivity (Wildman–Crippen MR) is 109 cm³/mol. The van der Waals surface area contributed by atoms with Crippen molar-refractivity contribution in [2.45, 2.75) is 70.3 Å². The molecule has 0 aliphatic carbocycles. The first kappa shape index (κ1) is 25.2. The van der Waals surface area contributed by atoms with E-state index in [0.717, 1.165) is 0 Å². The van der Waals surface area contributed by atoms with Crippen LogP contribution < -0.4 is 16.4 Å². The molecule has 5 atom stereocenters. The fourth-order valence-corrected chi connectivity index (χ4v) is 3.47. The Kier molecular flexibility index (Phi) is 9.87. The minimum atomic E-state index is -1.48. The Balaban J connectivity index is 2.83. The first-order valence-corrected chi connectivity index (χ1v) is 10.3. The Hall–Kier alpha value is -1.85. The van der Waals surface area contributed by atoms with E-state index < -0.39 is 54.0 Å². The summed E-state index contributed by atoms with van der Waals surface area (Å²) in [7, 11) is 0. The summed E-state index contributed by atoms with van der Waals surface area (Å²) in [5, 5.41) is 23.5. The molecule has 166 valence electrons. The number of nitrogens with two attached hydrogens (primary N) is 1. The Labute approximate surface area is 176 Å². The van der Waals surface area contributed by atoms with Gasteiger partial charge >= 0.3 is 5.97 Å². The quantitative estimate of drug-likeness (QED) is 0.234. The van der Waals surface area contributed by atoms with Gasteiger partial charge in [0.05, 0.1) is 12.1 Å². The van der Waals surface area contributed by atoms with Gasteiger partial charge in [-0.05, 0) is 32.1 Å². The van der Waals surface area contributed by atoms with E-state index in [1.54, 1.807) is 0 Å². The lowest BCUT2D eigenvalue weighted by molar-refractivity contribution is -0.147. The Morgan fingerprint density at radius 2 is 1.83 bits per heavy atom. The van der Waals surface area contributed by atoms with E-state index in [9.17, 15) is 24.3 Å². The highest BCUT2D eigenvalue weighted by molar-refractivity contribution is 7.80. The fourth-order valence-electron chi connectivity index (χ4n) is 3.22. The molecule has 0 radical (unpaired) electrons. The highest BCUT2D eigenvalue weighted by Gasteiger charge is 2.39. The van der Waals surface area contributed by atoms with Crippen LogP contribution in [0, 0.1) is 5.92 Å². The number of aliphatic hydroxyl groups excluding tert-OH is 1. The van der Waals surface area contributed by atoms with Gasteiger partial charge in [-0.2, -0.15) is 12.6 Å². The molecule has 0 aromatic carbocycles. The highest BCUT2D eigenvalue weighted by atomic mass is 32.1. The van der Waals surface area contributed by atoms with Crippen molar-refractivity contribution in [2.75, 3.05) is 12.3 Å². The second-order valence-electron chi connectivity index (χ2n) is 7.73. The molecule has 1 aliphatic heterocycles. The summed E-state index contributed by atoms with van der Waals surface area (Å²) in [6, 6.07) is -4.07. The van der Waals surface area contributed by atoms with Crippen molar-refractivity contribution in [3.8, 4) is 0 Å². The number of carbonyl (C=O) groups excluding carboxylic acids is 3. The van der Waals surface area contributed by atoms with E-state index in [2.05, 4.69) is 23.3 Å². The van der Waals surface area contributed by atoms with E-state index in [-0.39, 0.29) is 11.7 Å². The van der Waals surface area contributed by atoms with Crippen LogP contribution in [0.1, 0.15) is 40.0 Å². The molecule has 1 fully saturated rings. The molecular formula is C18H32N4O6S. The summed E-state index contributed by atoms with van der Waals surface area (Å²) in [5.41, 5.74) is 5.86. The Bertz CT molecular complexity index is 615. The second kappa shape index (κ2) is 11.4. The van der Waals surface area contributed by atoms with Crippen LogP contribution in [0.15, 0.2) is 0 Å². The van der Waals surface area contributed by atoms with E-state index in [1.165, 1.54) is 11.8 Å². The molecule has 1 saturated heterocycles. The minimum absolute atomic E-state index is 0.0231. The summed E-state index contributed by atoms with van der Waals surface area (Å²) in [4.78, 5) is 50.2. The fraction of sp³-hybridized carbons (Fsp3) is 0.778. The smallest absolute Gasteiger partial charge is 0.328 e. The van der Waals surface area contributed by atoms with Gasteiger partial charge in [-0.15, -0.1) is 0 Å². The van der Waals surface area contributed by atoms with Gasteiger partial charge in [-0.25, -0.2) is 4.79 Å². The van der Waals surface area contributed by atoms with Crippen LogP contribution in [0.3, 0.4) is 0 Å². The maximum absolute atomic E-state index is 12.9. The lowest BCUT2D eigenvalue weighted by atomic mass is 10.0. The number of rotatable bonds is 10. The predicted octanol–water partition coefficient (Wildman–Crippen LogP) is -1.28. The SMILES string of the molecule is CC(C)CC(N)C(=O)NC(CS)C(=O)N1CCCC1C(=O)NC(C(=O)O)C(C)O. The second-order valence-corrected chi connectivity index (χ2v) is 8.10. The zero-order chi connectivity index (χ0) is 22.3. The lowest BCUT2D eigenvalue weighted by Crippen LogP contribution is -2.58. The van der Waals surface area contributed by atoms with E-state index in [0.29, 0.717) is 25.8 Å². The number of aliphatic carboxylic acids is 1. The van der Waals surface area contributed by atoms with Gasteiger partial charge < -0.3 is 31.5 Å². The number of amides is 3. The number of thiol groups is 1. The van der Waals surface area contributed by atoms with Crippen molar-refractivity contribution in [3.63, 3.8) is 0 Å². The van der Waals surface area contributed by atoms with Gasteiger partial charge in [-0.3, -0.25) is 14.4 Å². The van der Waals surface area contributed by atoms with E-state index in [1.807, 2.05) is 13.8 Å². The zero-order valence-electron chi connectivity index (χ0n) is 17.0. The molecule has 29 heavy (non-hydrogen) atoms. The maximum Gasteiger partial charge on any atom is 0.328 e. The molecule has 5 unspecified atom stereocenters. The third kappa shape index (κ3) is 7.16. The Morgan fingerprint density at radius 1 is 1.21 bits per heavy atom. The molecule has 0 aromatic rings. The van der Waals surface area contributed by atoms with Crippen LogP contribution in [-0.4, -0.2) is 81.4 Å². The summed E-state index contributed by atoms with van der Waals surface area (Å²) in [6.07, 6.45) is 0.0679. The largest absolute Gasteiger partial charge is 0.480 e. The molecule has 1 aliphatic rings. The maximum atomic E-state index is 12.9. The summed E-state index contributed by atoms with van der Waals surface area (Å²) >= 11 is 4.14. The summed E-state index contributed by atoms with van der Waals surface area (Å²) in [5.74, 6) is -2.75. The number of nitrogens with one attached hydrogen (secondary N) is 2. The number of carboxylic acids is 1. The molecule has 1 heterocycles. The number of hydrogen-bond donors (Lipinski definition) is 6. The molecule has 0 saturated carbocycles. The molecule has 10 nitrogen and oxygen atoms in total. The normalized spacial score (nSPS) is 20.7. The molecule has 11 heteroatoms. The van der Waals surface area contributed by atoms with Crippen LogP contribution in [0.25, 0.3) is 0 Å². The van der Waals surface area contributed by atoms with Crippen LogP contribution in [0.5, 0.6) is 0 Å². The standard InChI is InChI=1S/C18H32N4O6S/c1-9(2)7-11(19)15(24)20-12(8-29)17(26)22-6-4-5-13(22)16(25)21-14(10(3)23)18(27)28/h9-14,23,29H,4-8,19H2,1-3H3,(H,20,24)(H,21,25)(H,27,28). The molecule has 0 spiro atoms. The third-order valence-electron chi connectivity index (χ3n) is 4.74. The summed E-state index contributed by atoms with van der Waals surface area (Å²) in [6.45, 7) is 5.41. The number of nitrogens with zero attached hydrogens (tertiary/aromatic N) is 1. The summed E-state index contributed by atoms with van der Waals surface area (Å²) < 4.78 is 0. The van der Waals surface area contributed by atoms with Gasteiger partial charge in [0.15, 0.2) is 6.04 Å². The lowest BCUT2D eigenvalue weighted by Gasteiger charge is -2.29. The number of carboxylic acid groups (broad SMARTS) is 1. The molecule has 0 bridgehead atoms. The molecule has 0 aromatic heterocycles. The average molecular weight is 433 g/mol. The number of aliphatic hydroxyl groups is 1. The molecule has 1 rings (SSSR count). The van der Waals surface area contributed by atoms with Crippen molar-refractivity contribution in [2.24, 2.45) is 11.7 Å². The van der Waals surface area contributed by atoms with Crippen LogP contribution in [0.2, 0.25) is 0 Å². The molecular weight excluding hydrogens is 400 g/mol. The first-order valence-electron chi connectivity index (χ1n) is 9.68. The van der Waals surface area contributed by atoms with Crippen molar-refractivity contribution in [3.05, 3.63) is 0 Å². The number of hydrogen-bond acceptors (Lipinski definition) is 7. The van der Waals surface area contributed by atoms with Gasteiger partial charge in [-0.1, -0.05) is 13.8 Å². The van der Waals surface area contributed by atoms with Gasteiger partial charge in [0.1, 0.15) is 12.1 Å².